The highest BCUT2D eigenvalue weighted by Gasteiger charge is 2.47. The number of carbonyl (C=O) groups excluding carboxylic acids is 1. The van der Waals surface area contributed by atoms with E-state index < -0.39 is 86.7 Å². The summed E-state index contributed by atoms with van der Waals surface area (Å²) in [6.45, 7) is 3.42. The SMILES string of the molecule is CC/C=C\C/C=C\C/C=C\C/C=C\C/C=C\C/C=C\CCCCC(=O)OC(COCCCCCCCC/C=C\C/C=C\CCCC)COC1OC(COC2OC(CO)C(O)C(O)C2O)C(O)C(O)C1O. The van der Waals surface area contributed by atoms with Crippen LogP contribution in [0.2, 0.25) is 0 Å². The Morgan fingerprint density at radius 2 is 0.929 bits per heavy atom. The lowest BCUT2D eigenvalue weighted by Gasteiger charge is -2.42. The van der Waals surface area contributed by atoms with Gasteiger partial charge in [-0.2, -0.15) is 0 Å². The Labute approximate surface area is 420 Å². The number of rotatable bonds is 40. The first-order chi connectivity index (χ1) is 34.1. The van der Waals surface area contributed by atoms with Crippen molar-refractivity contribution in [2.75, 3.05) is 33.0 Å². The second-order valence-electron chi connectivity index (χ2n) is 18.0. The summed E-state index contributed by atoms with van der Waals surface area (Å²) in [6, 6.07) is 0. The van der Waals surface area contributed by atoms with Crippen LogP contribution in [0.4, 0.5) is 0 Å². The van der Waals surface area contributed by atoms with E-state index in [0.29, 0.717) is 13.0 Å². The van der Waals surface area contributed by atoms with Crippen molar-refractivity contribution in [3.8, 4) is 0 Å². The van der Waals surface area contributed by atoms with Crippen molar-refractivity contribution in [3.05, 3.63) is 97.2 Å². The summed E-state index contributed by atoms with van der Waals surface area (Å²) in [5.74, 6) is -0.426. The molecule has 0 radical (unpaired) electrons. The third-order valence-corrected chi connectivity index (χ3v) is 11.8. The van der Waals surface area contributed by atoms with Gasteiger partial charge in [0.2, 0.25) is 0 Å². The van der Waals surface area contributed by atoms with Crippen molar-refractivity contribution in [1.82, 2.24) is 0 Å². The van der Waals surface area contributed by atoms with Gasteiger partial charge in [-0.15, -0.1) is 0 Å². The van der Waals surface area contributed by atoms with Crippen LogP contribution in [0.1, 0.15) is 149 Å². The number of esters is 1. The molecule has 7 N–H and O–H groups in total. The molecule has 70 heavy (non-hydrogen) atoms. The number of allylic oxidation sites excluding steroid dienone is 16. The summed E-state index contributed by atoms with van der Waals surface area (Å²) in [6.07, 6.45) is 38.9. The van der Waals surface area contributed by atoms with Crippen molar-refractivity contribution in [1.29, 1.82) is 0 Å². The van der Waals surface area contributed by atoms with E-state index in [1.54, 1.807) is 0 Å². The predicted molar refractivity (Wildman–Crippen MR) is 274 cm³/mol. The zero-order valence-electron chi connectivity index (χ0n) is 42.5. The van der Waals surface area contributed by atoms with Crippen LogP contribution in [0.3, 0.4) is 0 Å². The van der Waals surface area contributed by atoms with E-state index >= 15 is 0 Å². The van der Waals surface area contributed by atoms with Crippen molar-refractivity contribution in [2.24, 2.45) is 0 Å². The molecule has 2 fully saturated rings. The first-order valence-corrected chi connectivity index (χ1v) is 26.3. The molecule has 2 rings (SSSR count). The molecule has 400 valence electrons. The third-order valence-electron chi connectivity index (χ3n) is 11.8. The number of carbonyl (C=O) groups is 1. The van der Waals surface area contributed by atoms with Crippen LogP contribution in [-0.2, 0) is 33.2 Å². The molecule has 0 aromatic rings. The van der Waals surface area contributed by atoms with Gasteiger partial charge in [0.15, 0.2) is 12.6 Å². The molecule has 0 saturated carbocycles. The predicted octanol–water partition coefficient (Wildman–Crippen LogP) is 8.24. The summed E-state index contributed by atoms with van der Waals surface area (Å²) in [4.78, 5) is 13.0. The fourth-order valence-corrected chi connectivity index (χ4v) is 7.54. The first kappa shape index (κ1) is 63.0. The van der Waals surface area contributed by atoms with Gasteiger partial charge in [-0.05, 0) is 89.9 Å². The normalized spacial score (nSPS) is 26.3. The van der Waals surface area contributed by atoms with E-state index in [0.717, 1.165) is 96.3 Å². The minimum Gasteiger partial charge on any atom is -0.457 e. The molecule has 0 amide bonds. The summed E-state index contributed by atoms with van der Waals surface area (Å²) >= 11 is 0. The monoisotopic (exact) mass is 989 g/mol. The van der Waals surface area contributed by atoms with E-state index in [-0.39, 0.29) is 19.6 Å². The summed E-state index contributed by atoms with van der Waals surface area (Å²) < 4.78 is 34.2. The van der Waals surface area contributed by atoms with Gasteiger partial charge in [0.1, 0.15) is 54.9 Å². The second kappa shape index (κ2) is 42.4. The van der Waals surface area contributed by atoms with Gasteiger partial charge in [0, 0.05) is 13.0 Å². The third kappa shape index (κ3) is 29.4. The molecule has 2 heterocycles. The highest BCUT2D eigenvalue weighted by molar-refractivity contribution is 5.69. The van der Waals surface area contributed by atoms with Crippen LogP contribution in [-0.4, -0.2) is 142 Å². The Bertz CT molecular complexity index is 1520. The Balaban J connectivity index is 1.79. The summed E-state index contributed by atoms with van der Waals surface area (Å²) in [5, 5.41) is 72.2. The molecular weight excluding hydrogens is 897 g/mol. The Hall–Kier alpha value is -3.09. The van der Waals surface area contributed by atoms with Crippen molar-refractivity contribution < 1.29 is 69.0 Å². The van der Waals surface area contributed by atoms with Gasteiger partial charge in [-0.25, -0.2) is 0 Å². The minimum absolute atomic E-state index is 0.0298. The lowest BCUT2D eigenvalue weighted by Crippen LogP contribution is -2.61. The van der Waals surface area contributed by atoms with Crippen LogP contribution in [0.5, 0.6) is 0 Å². The molecule has 0 spiro atoms. The molecule has 11 atom stereocenters. The summed E-state index contributed by atoms with van der Waals surface area (Å²) in [5.41, 5.74) is 0. The van der Waals surface area contributed by atoms with Gasteiger partial charge in [0.05, 0.1) is 26.4 Å². The molecule has 11 unspecified atom stereocenters. The standard InChI is InChI=1S/C56H92O14/c1-3-5-7-9-11-13-15-17-19-20-21-22-23-24-25-27-29-31-33-35-37-39-48(58)68-45(42-65-40-38-36-34-32-30-28-26-18-16-14-12-10-8-6-4-2)43-66-55-54(64)52(62)50(60)47(70-55)44-67-56-53(63)51(61)49(59)46(41-57)69-56/h5,7,10-13,16-19,21-22,24-25,29,31,45-47,49-57,59-64H,3-4,6,8-9,14-15,20,23,26-28,30,32-44H2,1-2H3/b7-5-,12-10-,13-11-,18-16-,19-17-,22-21-,25-24-,31-29-. The summed E-state index contributed by atoms with van der Waals surface area (Å²) in [7, 11) is 0. The van der Waals surface area contributed by atoms with E-state index in [4.69, 9.17) is 28.4 Å². The fraction of sp³-hybridized carbons (Fsp3) is 0.696. The number of hydrogen-bond donors (Lipinski definition) is 7. The molecule has 2 saturated heterocycles. The Morgan fingerprint density at radius 3 is 1.46 bits per heavy atom. The molecule has 2 aliphatic rings. The fourth-order valence-electron chi connectivity index (χ4n) is 7.54. The smallest absolute Gasteiger partial charge is 0.306 e. The van der Waals surface area contributed by atoms with E-state index in [1.807, 2.05) is 0 Å². The molecule has 0 aliphatic carbocycles. The van der Waals surface area contributed by atoms with Crippen LogP contribution in [0.25, 0.3) is 0 Å². The highest BCUT2D eigenvalue weighted by atomic mass is 16.7. The molecule has 0 bridgehead atoms. The quantitative estimate of drug-likeness (QED) is 0.0175. The zero-order valence-corrected chi connectivity index (χ0v) is 42.5. The molecular formula is C56H92O14. The number of ether oxygens (including phenoxy) is 6. The van der Waals surface area contributed by atoms with Gasteiger partial charge >= 0.3 is 5.97 Å². The maximum absolute atomic E-state index is 13.0. The average molecular weight is 989 g/mol. The number of hydrogen-bond acceptors (Lipinski definition) is 14. The lowest BCUT2D eigenvalue weighted by atomic mass is 9.98. The van der Waals surface area contributed by atoms with Gasteiger partial charge in [-0.1, -0.05) is 150 Å². The molecule has 14 heteroatoms. The van der Waals surface area contributed by atoms with Crippen molar-refractivity contribution in [3.63, 3.8) is 0 Å². The van der Waals surface area contributed by atoms with Crippen LogP contribution >= 0.6 is 0 Å². The minimum atomic E-state index is -1.72. The second-order valence-corrected chi connectivity index (χ2v) is 18.0. The molecule has 2 aliphatic heterocycles. The number of unbranched alkanes of at least 4 members (excludes halogenated alkanes) is 10. The van der Waals surface area contributed by atoms with Gasteiger partial charge in [0.25, 0.3) is 0 Å². The van der Waals surface area contributed by atoms with Crippen LogP contribution < -0.4 is 0 Å². The molecule has 0 aromatic heterocycles. The Kier molecular flexibility index (Phi) is 38.2. The van der Waals surface area contributed by atoms with E-state index in [2.05, 4.69) is 111 Å². The molecule has 0 aromatic carbocycles. The van der Waals surface area contributed by atoms with E-state index in [9.17, 15) is 40.5 Å². The van der Waals surface area contributed by atoms with Crippen LogP contribution in [0, 0.1) is 0 Å². The van der Waals surface area contributed by atoms with Gasteiger partial charge < -0.3 is 64.2 Å². The maximum Gasteiger partial charge on any atom is 0.306 e. The largest absolute Gasteiger partial charge is 0.457 e. The topological polar surface area (TPSA) is 214 Å². The Morgan fingerprint density at radius 1 is 0.486 bits per heavy atom. The average Bonchev–Trinajstić information content (AvgIpc) is 3.36. The first-order valence-electron chi connectivity index (χ1n) is 26.3. The zero-order chi connectivity index (χ0) is 50.9. The number of aliphatic hydroxyl groups is 7. The highest BCUT2D eigenvalue weighted by Crippen LogP contribution is 2.26. The van der Waals surface area contributed by atoms with Crippen molar-refractivity contribution >= 4 is 5.97 Å². The van der Waals surface area contributed by atoms with Crippen molar-refractivity contribution in [2.45, 2.75) is 216 Å². The molecule has 14 nitrogen and oxygen atoms in total. The number of aliphatic hydroxyl groups excluding tert-OH is 7. The van der Waals surface area contributed by atoms with E-state index in [1.165, 1.54) is 25.7 Å². The van der Waals surface area contributed by atoms with Crippen LogP contribution in [0.15, 0.2) is 97.2 Å². The maximum atomic E-state index is 13.0. The lowest BCUT2D eigenvalue weighted by molar-refractivity contribution is -0.332. The van der Waals surface area contributed by atoms with Gasteiger partial charge in [-0.3, -0.25) is 4.79 Å².